The van der Waals surface area contributed by atoms with Crippen LogP contribution in [0.15, 0.2) is 322 Å². The molecule has 6 heterocycles. The third-order valence-corrected chi connectivity index (χ3v) is 21.4. The lowest BCUT2D eigenvalue weighted by atomic mass is 9.94. The molecule has 0 fully saturated rings. The standard InChI is InChI=1S/C93H56F3N7/c1-56-47-58(49-59(48-56)93(94,95)96)57-35-42-90(103-91-45-39-63(100-84-31-15-7-23-69(84)70-24-8-16-32-85(70)100)54-77(91)78-55-64(40-46-92(78)103)101-86-33-17-9-25-71(86)72-26-10-18-34-87(72)101)74(50-57)73-51-60(36-41-79(73)97-2)102-88-43-37-61(98-80-27-11-3-19-65(80)66-20-4-12-28-81(66)98)52-75(88)76-53-62(38-44-89(76)102)99-82-29-13-5-21-67(82)68-22-6-14-30-83(68)99/h3-55H,1H3. The number of para-hydroxylation sites is 8. The molecule has 7 nitrogen and oxygen atoms in total. The van der Waals surface area contributed by atoms with Crippen molar-refractivity contribution in [1.82, 2.24) is 27.4 Å². The summed E-state index contributed by atoms with van der Waals surface area (Å²) in [5.74, 6) is 0. The van der Waals surface area contributed by atoms with Crippen LogP contribution in [-0.2, 0) is 6.18 Å². The Morgan fingerprint density at radius 3 is 0.864 bits per heavy atom. The Morgan fingerprint density at radius 2 is 0.544 bits per heavy atom. The van der Waals surface area contributed by atoms with Gasteiger partial charge in [-0.3, -0.25) is 0 Å². The molecule has 21 aromatic rings. The first kappa shape index (κ1) is 58.4. The average Bonchev–Trinajstić information content (AvgIpc) is 1.58. The zero-order valence-corrected chi connectivity index (χ0v) is 55.4. The van der Waals surface area contributed by atoms with E-state index in [0.29, 0.717) is 33.5 Å². The maximum Gasteiger partial charge on any atom is 0.416 e. The highest BCUT2D eigenvalue weighted by Gasteiger charge is 2.32. The van der Waals surface area contributed by atoms with Gasteiger partial charge in [0, 0.05) is 93.1 Å². The molecule has 103 heavy (non-hydrogen) atoms. The summed E-state index contributed by atoms with van der Waals surface area (Å²) >= 11 is 0. The van der Waals surface area contributed by atoms with E-state index in [-0.39, 0.29) is 0 Å². The summed E-state index contributed by atoms with van der Waals surface area (Å²) in [5.41, 5.74) is 20.4. The van der Waals surface area contributed by atoms with E-state index in [1.54, 1.807) is 6.92 Å². The molecule has 0 amide bonds. The number of benzene rings is 15. The monoisotopic (exact) mass is 1330 g/mol. The second-order valence-corrected chi connectivity index (χ2v) is 27.1. The van der Waals surface area contributed by atoms with Gasteiger partial charge in [0.05, 0.1) is 84.0 Å². The van der Waals surface area contributed by atoms with Crippen molar-refractivity contribution in [1.29, 1.82) is 0 Å². The Labute approximate surface area is 587 Å². The Balaban J connectivity index is 0.835. The predicted molar refractivity (Wildman–Crippen MR) is 419 cm³/mol. The van der Waals surface area contributed by atoms with Crippen LogP contribution in [0, 0.1) is 13.5 Å². The van der Waals surface area contributed by atoms with Gasteiger partial charge in [0.2, 0.25) is 0 Å². The molecule has 0 aliphatic rings. The van der Waals surface area contributed by atoms with E-state index in [4.69, 9.17) is 6.57 Å². The van der Waals surface area contributed by atoms with E-state index in [9.17, 15) is 13.2 Å². The Bertz CT molecular complexity index is 6720. The van der Waals surface area contributed by atoms with E-state index in [1.165, 1.54) is 33.7 Å². The van der Waals surface area contributed by atoms with Crippen LogP contribution in [0.1, 0.15) is 11.1 Å². The van der Waals surface area contributed by atoms with Gasteiger partial charge in [0.25, 0.3) is 0 Å². The van der Waals surface area contributed by atoms with Gasteiger partial charge < -0.3 is 27.4 Å². The SMILES string of the molecule is [C-]#[N+]c1ccc(-n2c3ccc(-n4c5ccccc5c5ccccc54)cc3c3cc(-n4c5ccccc5c5ccccc54)ccc32)cc1-c1cc(-c2cc(C)cc(C(F)(F)F)c2)ccc1-n1c2ccc(-n3c4ccccc4c4ccccc43)cc2c2cc(-n3c4ccccc4c4ccccc43)ccc21. The predicted octanol–water partition coefficient (Wildman–Crippen LogP) is 25.5. The maximum atomic E-state index is 15.0. The van der Waals surface area contributed by atoms with Crippen molar-refractivity contribution in [2.45, 2.75) is 13.1 Å². The minimum absolute atomic E-state index is 0.383. The summed E-state index contributed by atoms with van der Waals surface area (Å²) in [6.07, 6.45) is -4.59. The van der Waals surface area contributed by atoms with Crippen molar-refractivity contribution in [2.24, 2.45) is 0 Å². The van der Waals surface area contributed by atoms with Crippen molar-refractivity contribution < 1.29 is 13.2 Å². The Morgan fingerprint density at radius 1 is 0.252 bits per heavy atom. The number of hydrogen-bond acceptors (Lipinski definition) is 0. The Kier molecular flexibility index (Phi) is 12.4. The van der Waals surface area contributed by atoms with Crippen molar-refractivity contribution in [3.8, 4) is 56.4 Å². The molecule has 0 aliphatic carbocycles. The van der Waals surface area contributed by atoms with Crippen LogP contribution in [0.5, 0.6) is 0 Å². The minimum atomic E-state index is -4.59. The van der Waals surface area contributed by atoms with E-state index in [0.717, 1.165) is 143 Å². The molecule has 0 atom stereocenters. The first-order valence-corrected chi connectivity index (χ1v) is 34.6. The van der Waals surface area contributed by atoms with Crippen molar-refractivity contribution >= 4 is 137 Å². The highest BCUT2D eigenvalue weighted by Crippen LogP contribution is 2.48. The molecule has 0 bridgehead atoms. The van der Waals surface area contributed by atoms with Crippen molar-refractivity contribution in [2.75, 3.05) is 0 Å². The van der Waals surface area contributed by atoms with Gasteiger partial charge in [-0.2, -0.15) is 13.2 Å². The molecule has 10 heteroatoms. The van der Waals surface area contributed by atoms with Crippen LogP contribution in [0.3, 0.4) is 0 Å². The molecule has 21 rings (SSSR count). The second kappa shape index (κ2) is 21.9. The number of halogens is 3. The summed E-state index contributed by atoms with van der Waals surface area (Å²) in [6, 6.07) is 112. The summed E-state index contributed by atoms with van der Waals surface area (Å²) in [7, 11) is 0. The van der Waals surface area contributed by atoms with Crippen LogP contribution in [0.25, 0.3) is 192 Å². The molecule has 0 radical (unpaired) electrons. The van der Waals surface area contributed by atoms with E-state index >= 15 is 0 Å². The molecule has 6 aromatic heterocycles. The molecule has 0 saturated carbocycles. The zero-order valence-electron chi connectivity index (χ0n) is 55.4. The van der Waals surface area contributed by atoms with Gasteiger partial charge in [-0.25, -0.2) is 4.85 Å². The third-order valence-electron chi connectivity index (χ3n) is 21.4. The van der Waals surface area contributed by atoms with Crippen molar-refractivity contribution in [3.05, 3.63) is 344 Å². The number of nitrogens with zero attached hydrogens (tertiary/aromatic N) is 7. The molecule has 484 valence electrons. The van der Waals surface area contributed by atoms with E-state index < -0.39 is 11.7 Å². The normalized spacial score (nSPS) is 12.3. The van der Waals surface area contributed by atoms with Crippen LogP contribution >= 0.6 is 0 Å². The largest absolute Gasteiger partial charge is 0.416 e. The number of fused-ring (bicyclic) bond motifs is 18. The molecule has 15 aromatic carbocycles. The number of hydrogen-bond donors (Lipinski definition) is 0. The number of rotatable bonds is 8. The van der Waals surface area contributed by atoms with Crippen LogP contribution < -0.4 is 0 Å². The molecular formula is C93H56F3N7. The molecule has 0 N–H and O–H groups in total. The number of alkyl halides is 3. The van der Waals surface area contributed by atoms with Gasteiger partial charge in [-0.1, -0.05) is 164 Å². The Hall–Kier alpha value is -13.6. The lowest BCUT2D eigenvalue weighted by Gasteiger charge is -2.19. The van der Waals surface area contributed by atoms with E-state index in [2.05, 4.69) is 305 Å². The summed E-state index contributed by atoms with van der Waals surface area (Å²) in [5, 5.41) is 13.3. The zero-order chi connectivity index (χ0) is 68.5. The fourth-order valence-corrected chi connectivity index (χ4v) is 17.1. The first-order chi connectivity index (χ1) is 50.6. The van der Waals surface area contributed by atoms with Gasteiger partial charge in [-0.15, -0.1) is 0 Å². The molecule has 0 unspecified atom stereocenters. The highest BCUT2D eigenvalue weighted by atomic mass is 19.4. The molecular weight excluding hydrogens is 1270 g/mol. The van der Waals surface area contributed by atoms with Gasteiger partial charge in [0.15, 0.2) is 5.69 Å². The lowest BCUT2D eigenvalue weighted by molar-refractivity contribution is -0.137. The smallest absolute Gasteiger partial charge is 0.309 e. The number of aryl methyl sites for hydroxylation is 1. The van der Waals surface area contributed by atoms with E-state index in [1.807, 2.05) is 36.4 Å². The topological polar surface area (TPSA) is 33.9 Å². The first-order valence-electron chi connectivity index (χ1n) is 34.6. The summed E-state index contributed by atoms with van der Waals surface area (Å²) in [4.78, 5) is 4.33. The van der Waals surface area contributed by atoms with Gasteiger partial charge in [-0.05, 0) is 192 Å². The lowest BCUT2D eigenvalue weighted by Crippen LogP contribution is -2.05. The van der Waals surface area contributed by atoms with Gasteiger partial charge in [0.1, 0.15) is 0 Å². The van der Waals surface area contributed by atoms with Crippen LogP contribution in [-0.4, -0.2) is 27.4 Å². The molecule has 0 saturated heterocycles. The number of aromatic nitrogens is 6. The third kappa shape index (κ3) is 8.63. The average molecular weight is 1330 g/mol. The second-order valence-electron chi connectivity index (χ2n) is 27.1. The molecule has 0 spiro atoms. The van der Waals surface area contributed by atoms with Crippen LogP contribution in [0.4, 0.5) is 18.9 Å². The molecule has 0 aliphatic heterocycles. The minimum Gasteiger partial charge on any atom is -0.309 e. The fraction of sp³-hybridized carbons (Fsp3) is 0.0215. The van der Waals surface area contributed by atoms with Crippen molar-refractivity contribution in [3.63, 3.8) is 0 Å². The maximum absolute atomic E-state index is 15.0. The fourth-order valence-electron chi connectivity index (χ4n) is 17.1. The van der Waals surface area contributed by atoms with Gasteiger partial charge >= 0.3 is 6.18 Å². The quantitative estimate of drug-likeness (QED) is 0.136. The summed E-state index contributed by atoms with van der Waals surface area (Å²) in [6.45, 7) is 10.8. The van der Waals surface area contributed by atoms with Crippen LogP contribution in [0.2, 0.25) is 0 Å². The highest BCUT2D eigenvalue weighted by molar-refractivity contribution is 6.17. The summed E-state index contributed by atoms with van der Waals surface area (Å²) < 4.78 is 59.0.